The van der Waals surface area contributed by atoms with Gasteiger partial charge in [0.05, 0.1) is 20.4 Å². The maximum Gasteiger partial charge on any atom is 0.277 e. The molecule has 0 spiro atoms. The Balaban J connectivity index is 1.90. The lowest BCUT2D eigenvalue weighted by Crippen LogP contribution is -2.24. The van der Waals surface area contributed by atoms with Crippen molar-refractivity contribution < 1.29 is 19.0 Å². The van der Waals surface area contributed by atoms with Gasteiger partial charge in [0.25, 0.3) is 5.91 Å². The third kappa shape index (κ3) is 5.53. The Kier molecular flexibility index (Phi) is 6.83. The molecule has 6 heteroatoms. The van der Waals surface area contributed by atoms with E-state index >= 15 is 0 Å². The summed E-state index contributed by atoms with van der Waals surface area (Å²) in [6.45, 7) is 1.95. The first-order valence-corrected chi connectivity index (χ1v) is 7.92. The van der Waals surface area contributed by atoms with Crippen LogP contribution >= 0.6 is 0 Å². The number of hydrazone groups is 1. The van der Waals surface area contributed by atoms with E-state index in [9.17, 15) is 4.79 Å². The predicted octanol–water partition coefficient (Wildman–Crippen LogP) is 2.80. The van der Waals surface area contributed by atoms with E-state index in [4.69, 9.17) is 14.2 Å². The monoisotopic (exact) mass is 342 g/mol. The Hall–Kier alpha value is -3.02. The Morgan fingerprint density at radius 1 is 1.12 bits per heavy atom. The van der Waals surface area contributed by atoms with E-state index in [0.717, 1.165) is 12.0 Å². The minimum atomic E-state index is -0.347. The normalized spacial score (nSPS) is 10.5. The van der Waals surface area contributed by atoms with Crippen LogP contribution in [0.3, 0.4) is 0 Å². The maximum atomic E-state index is 11.8. The Labute approximate surface area is 147 Å². The summed E-state index contributed by atoms with van der Waals surface area (Å²) < 4.78 is 15.9. The molecule has 0 radical (unpaired) electrons. The molecule has 0 saturated carbocycles. The van der Waals surface area contributed by atoms with E-state index in [0.29, 0.717) is 22.8 Å². The lowest BCUT2D eigenvalue weighted by Gasteiger charge is -2.07. The van der Waals surface area contributed by atoms with Crippen molar-refractivity contribution >= 4 is 12.1 Å². The van der Waals surface area contributed by atoms with Crippen LogP contribution in [-0.2, 0) is 11.2 Å². The second kappa shape index (κ2) is 9.32. The minimum Gasteiger partial charge on any atom is -0.497 e. The first-order chi connectivity index (χ1) is 12.2. The number of amides is 1. The van der Waals surface area contributed by atoms with Crippen molar-refractivity contribution in [3.8, 4) is 17.2 Å². The van der Waals surface area contributed by atoms with Gasteiger partial charge in [-0.3, -0.25) is 4.79 Å². The van der Waals surface area contributed by atoms with Gasteiger partial charge < -0.3 is 14.2 Å². The fourth-order valence-corrected chi connectivity index (χ4v) is 2.15. The third-order valence-corrected chi connectivity index (χ3v) is 3.51. The number of carbonyl (C=O) groups excluding carboxylic acids is 1. The first-order valence-electron chi connectivity index (χ1n) is 7.92. The van der Waals surface area contributed by atoms with Crippen molar-refractivity contribution in [2.24, 2.45) is 5.10 Å². The molecule has 0 aliphatic carbocycles. The molecule has 0 aliphatic heterocycles. The van der Waals surface area contributed by atoms with Crippen molar-refractivity contribution in [3.05, 3.63) is 53.6 Å². The van der Waals surface area contributed by atoms with Crippen LogP contribution in [0.1, 0.15) is 18.1 Å². The van der Waals surface area contributed by atoms with Gasteiger partial charge in [0.1, 0.15) is 17.2 Å². The molecular weight excluding hydrogens is 320 g/mol. The van der Waals surface area contributed by atoms with Crippen molar-refractivity contribution in [3.63, 3.8) is 0 Å². The number of carbonyl (C=O) groups is 1. The van der Waals surface area contributed by atoms with Crippen LogP contribution in [0.2, 0.25) is 0 Å². The summed E-state index contributed by atoms with van der Waals surface area (Å²) in [5.41, 5.74) is 4.27. The number of methoxy groups -OCH3 is 2. The third-order valence-electron chi connectivity index (χ3n) is 3.51. The van der Waals surface area contributed by atoms with Crippen LogP contribution in [0.15, 0.2) is 47.6 Å². The second-order valence-electron chi connectivity index (χ2n) is 5.19. The molecule has 1 amide bonds. The Bertz CT molecular complexity index is 744. The molecule has 6 nitrogen and oxygen atoms in total. The van der Waals surface area contributed by atoms with E-state index in [1.54, 1.807) is 32.4 Å². The molecule has 2 aromatic carbocycles. The molecule has 2 rings (SSSR count). The zero-order valence-corrected chi connectivity index (χ0v) is 14.6. The molecule has 2 aromatic rings. The summed E-state index contributed by atoms with van der Waals surface area (Å²) in [4.78, 5) is 11.8. The summed E-state index contributed by atoms with van der Waals surface area (Å²) in [5.74, 6) is 1.62. The van der Waals surface area contributed by atoms with Gasteiger partial charge in [0.15, 0.2) is 6.61 Å². The average molecular weight is 342 g/mol. The maximum absolute atomic E-state index is 11.8. The van der Waals surface area contributed by atoms with E-state index in [2.05, 4.69) is 17.5 Å². The van der Waals surface area contributed by atoms with Gasteiger partial charge in [-0.25, -0.2) is 5.43 Å². The number of hydrogen-bond acceptors (Lipinski definition) is 5. The highest BCUT2D eigenvalue weighted by atomic mass is 16.5. The summed E-state index contributed by atoms with van der Waals surface area (Å²) in [5, 5.41) is 3.93. The zero-order chi connectivity index (χ0) is 18.1. The average Bonchev–Trinajstić information content (AvgIpc) is 2.66. The highest BCUT2D eigenvalue weighted by molar-refractivity contribution is 5.86. The fourth-order valence-electron chi connectivity index (χ4n) is 2.15. The molecule has 0 atom stereocenters. The number of rotatable bonds is 8. The van der Waals surface area contributed by atoms with Gasteiger partial charge in [-0.2, -0.15) is 5.10 Å². The molecule has 0 aliphatic rings. The van der Waals surface area contributed by atoms with Gasteiger partial charge in [-0.15, -0.1) is 0 Å². The SMILES string of the molecule is CCc1cccc(OCC(=O)N/N=C/c2cc(OC)ccc2OC)c1. The lowest BCUT2D eigenvalue weighted by atomic mass is 10.2. The molecule has 0 heterocycles. The number of nitrogens with zero attached hydrogens (tertiary/aromatic N) is 1. The van der Waals surface area contributed by atoms with Gasteiger partial charge in [-0.1, -0.05) is 19.1 Å². The number of aryl methyl sites for hydroxylation is 1. The molecular formula is C19H22N2O4. The molecule has 0 fully saturated rings. The van der Waals surface area contributed by atoms with Gasteiger partial charge >= 0.3 is 0 Å². The Morgan fingerprint density at radius 2 is 1.96 bits per heavy atom. The predicted molar refractivity (Wildman–Crippen MR) is 96.6 cm³/mol. The van der Waals surface area contributed by atoms with Gasteiger partial charge in [0, 0.05) is 5.56 Å². The van der Waals surface area contributed by atoms with Crippen LogP contribution in [0.25, 0.3) is 0 Å². The Morgan fingerprint density at radius 3 is 2.68 bits per heavy atom. The largest absolute Gasteiger partial charge is 0.497 e. The molecule has 132 valence electrons. The number of benzene rings is 2. The minimum absolute atomic E-state index is 0.111. The van der Waals surface area contributed by atoms with E-state index in [1.165, 1.54) is 6.21 Å². The molecule has 1 N–H and O–H groups in total. The first kappa shape index (κ1) is 18.3. The van der Waals surface area contributed by atoms with Crippen LogP contribution in [0.5, 0.6) is 17.2 Å². The summed E-state index contributed by atoms with van der Waals surface area (Å²) in [7, 11) is 3.14. The lowest BCUT2D eigenvalue weighted by molar-refractivity contribution is -0.123. The van der Waals surface area contributed by atoms with E-state index in [-0.39, 0.29) is 12.5 Å². The highest BCUT2D eigenvalue weighted by Gasteiger charge is 2.04. The van der Waals surface area contributed by atoms with Gasteiger partial charge in [0.2, 0.25) is 0 Å². The summed E-state index contributed by atoms with van der Waals surface area (Å²) in [6.07, 6.45) is 2.41. The van der Waals surface area contributed by atoms with Crippen LogP contribution in [0, 0.1) is 0 Å². The fraction of sp³-hybridized carbons (Fsp3) is 0.263. The van der Waals surface area contributed by atoms with E-state index in [1.807, 2.05) is 24.3 Å². The molecule has 25 heavy (non-hydrogen) atoms. The summed E-state index contributed by atoms with van der Waals surface area (Å²) in [6, 6.07) is 13.0. The number of nitrogens with one attached hydrogen (secondary N) is 1. The summed E-state index contributed by atoms with van der Waals surface area (Å²) >= 11 is 0. The smallest absolute Gasteiger partial charge is 0.277 e. The molecule has 0 aromatic heterocycles. The molecule has 0 saturated heterocycles. The van der Waals surface area contributed by atoms with E-state index < -0.39 is 0 Å². The zero-order valence-electron chi connectivity index (χ0n) is 14.6. The van der Waals surface area contributed by atoms with Crippen molar-refractivity contribution in [2.45, 2.75) is 13.3 Å². The molecule has 0 unspecified atom stereocenters. The van der Waals surface area contributed by atoms with Crippen LogP contribution < -0.4 is 19.6 Å². The molecule has 0 bridgehead atoms. The van der Waals surface area contributed by atoms with Crippen molar-refractivity contribution in [2.75, 3.05) is 20.8 Å². The second-order valence-corrected chi connectivity index (χ2v) is 5.19. The quantitative estimate of drug-likeness (QED) is 0.592. The standard InChI is InChI=1S/C19H22N2O4/c1-4-14-6-5-7-17(10-14)25-13-19(22)21-20-12-15-11-16(23-2)8-9-18(15)24-3/h5-12H,4,13H2,1-3H3,(H,21,22)/b20-12+. The van der Waals surface area contributed by atoms with Crippen LogP contribution in [0.4, 0.5) is 0 Å². The van der Waals surface area contributed by atoms with Crippen molar-refractivity contribution in [1.29, 1.82) is 0 Å². The highest BCUT2D eigenvalue weighted by Crippen LogP contribution is 2.22. The van der Waals surface area contributed by atoms with Gasteiger partial charge in [-0.05, 0) is 42.3 Å². The topological polar surface area (TPSA) is 69.2 Å². The van der Waals surface area contributed by atoms with Crippen LogP contribution in [-0.4, -0.2) is 32.9 Å². The number of hydrogen-bond donors (Lipinski definition) is 1. The van der Waals surface area contributed by atoms with Crippen molar-refractivity contribution in [1.82, 2.24) is 5.43 Å². The number of ether oxygens (including phenoxy) is 3.